The average molecular weight is 513 g/mol. The number of imidazole rings is 1. The van der Waals surface area contributed by atoms with Gasteiger partial charge in [-0.15, -0.1) is 0 Å². The van der Waals surface area contributed by atoms with Crippen LogP contribution in [0.3, 0.4) is 0 Å². The molecule has 0 aliphatic carbocycles. The number of aliphatic hydroxyl groups excluding tert-OH is 1. The first-order valence-corrected chi connectivity index (χ1v) is 13.1. The average Bonchev–Trinajstić information content (AvgIpc) is 3.30. The Labute approximate surface area is 212 Å². The third-order valence-electron chi connectivity index (χ3n) is 5.53. The first-order valence-electron chi connectivity index (χ1n) is 12.0. The fourth-order valence-corrected chi connectivity index (χ4v) is 4.27. The molecule has 36 heavy (non-hydrogen) atoms. The summed E-state index contributed by atoms with van der Waals surface area (Å²) in [4.78, 5) is 16.7. The summed E-state index contributed by atoms with van der Waals surface area (Å²) in [6.07, 6.45) is 5.07. The number of aliphatic hydroxyl groups is 1. The molecule has 0 bridgehead atoms. The molecule has 0 radical (unpaired) electrons. The second-order valence-electron chi connectivity index (χ2n) is 8.12. The third-order valence-corrected chi connectivity index (χ3v) is 6.17. The van der Waals surface area contributed by atoms with Crippen molar-refractivity contribution >= 4 is 27.1 Å². The highest BCUT2D eigenvalue weighted by molar-refractivity contribution is 7.73. The lowest BCUT2D eigenvalue weighted by Crippen LogP contribution is -2.30. The van der Waals surface area contributed by atoms with Gasteiger partial charge in [0.15, 0.2) is 0 Å². The van der Waals surface area contributed by atoms with Gasteiger partial charge in [0.1, 0.15) is 0 Å². The van der Waals surface area contributed by atoms with Gasteiger partial charge < -0.3 is 25.0 Å². The van der Waals surface area contributed by atoms with Crippen LogP contribution in [0.2, 0.25) is 0 Å². The number of hydrogen-bond acceptors (Lipinski definition) is 6. The quantitative estimate of drug-likeness (QED) is 0.251. The molecule has 0 atom stereocenters. The Morgan fingerprint density at radius 3 is 2.53 bits per heavy atom. The predicted octanol–water partition coefficient (Wildman–Crippen LogP) is 3.82. The number of ether oxygens (including phenoxy) is 1. The smallest absolute Gasteiger partial charge is 0.319 e. The number of para-hydroxylation sites is 1. The molecule has 3 aromatic rings. The van der Waals surface area contributed by atoms with Crippen molar-refractivity contribution in [3.63, 3.8) is 0 Å². The summed E-state index contributed by atoms with van der Waals surface area (Å²) in [5.74, 6) is 0. The molecule has 0 aliphatic heterocycles. The molecular formula is C26H32N4O5S. The molecule has 192 valence electrons. The number of urea groups is 1. The van der Waals surface area contributed by atoms with Gasteiger partial charge in [-0.05, 0) is 25.0 Å². The van der Waals surface area contributed by atoms with Crippen molar-refractivity contribution in [3.05, 3.63) is 72.2 Å². The summed E-state index contributed by atoms with van der Waals surface area (Å²) in [5.41, 5.74) is 2.92. The maximum absolute atomic E-state index is 12.2. The van der Waals surface area contributed by atoms with Crippen molar-refractivity contribution in [1.82, 2.24) is 14.9 Å². The van der Waals surface area contributed by atoms with Crippen LogP contribution in [0, 0.1) is 0 Å². The van der Waals surface area contributed by atoms with Gasteiger partial charge >= 0.3 is 6.03 Å². The second kappa shape index (κ2) is 14.2. The van der Waals surface area contributed by atoms with E-state index < -0.39 is 16.3 Å². The number of anilines is 1. The van der Waals surface area contributed by atoms with Crippen molar-refractivity contribution in [2.75, 3.05) is 18.5 Å². The molecule has 9 nitrogen and oxygen atoms in total. The van der Waals surface area contributed by atoms with E-state index in [1.54, 1.807) is 30.6 Å². The summed E-state index contributed by atoms with van der Waals surface area (Å²) in [5, 5.41) is 15.1. The van der Waals surface area contributed by atoms with Crippen LogP contribution in [0.5, 0.6) is 0 Å². The van der Waals surface area contributed by atoms with Gasteiger partial charge in [0.2, 0.25) is 15.3 Å². The minimum Gasteiger partial charge on any atom is -0.390 e. The molecule has 10 heteroatoms. The number of aromatic nitrogens is 2. The van der Waals surface area contributed by atoms with E-state index in [2.05, 4.69) is 22.5 Å². The lowest BCUT2D eigenvalue weighted by Gasteiger charge is -2.13. The molecule has 2 aromatic carbocycles. The second-order valence-corrected chi connectivity index (χ2v) is 8.96. The maximum Gasteiger partial charge on any atom is 0.319 e. The third kappa shape index (κ3) is 7.51. The maximum atomic E-state index is 12.2. The molecule has 0 unspecified atom stereocenters. The van der Waals surface area contributed by atoms with Crippen molar-refractivity contribution in [1.29, 1.82) is 0 Å². The van der Waals surface area contributed by atoms with Crippen LogP contribution in [0.4, 0.5) is 10.5 Å². The molecular weight excluding hydrogens is 480 g/mol. The van der Waals surface area contributed by atoms with Crippen molar-refractivity contribution in [3.8, 4) is 11.3 Å². The van der Waals surface area contributed by atoms with E-state index in [-0.39, 0.29) is 23.8 Å². The first-order chi connectivity index (χ1) is 17.5. The highest BCUT2D eigenvalue weighted by Gasteiger charge is 2.15. The van der Waals surface area contributed by atoms with Crippen LogP contribution in [0.25, 0.3) is 11.3 Å². The number of nitrogens with zero attached hydrogens (tertiary/aromatic N) is 2. The lowest BCUT2D eigenvalue weighted by molar-refractivity contribution is 0.252. The van der Waals surface area contributed by atoms with Crippen LogP contribution in [-0.2, 0) is 28.2 Å². The largest absolute Gasteiger partial charge is 0.390 e. The number of carbonyl (C=O) groups is 1. The Hall–Kier alpha value is -3.47. The topological polar surface area (TPSA) is 123 Å². The van der Waals surface area contributed by atoms with Crippen molar-refractivity contribution in [2.24, 2.45) is 0 Å². The van der Waals surface area contributed by atoms with E-state index >= 15 is 0 Å². The van der Waals surface area contributed by atoms with Crippen LogP contribution in [0.1, 0.15) is 43.9 Å². The van der Waals surface area contributed by atoms with Crippen LogP contribution >= 0.6 is 0 Å². The number of hydrogen-bond donors (Lipinski definition) is 3. The molecule has 0 saturated heterocycles. The minimum atomic E-state index is -2.65. The Morgan fingerprint density at radius 1 is 1.06 bits per heavy atom. The lowest BCUT2D eigenvalue weighted by atomic mass is 10.1. The van der Waals surface area contributed by atoms with E-state index in [1.165, 1.54) is 0 Å². The molecule has 0 aliphatic rings. The van der Waals surface area contributed by atoms with Gasteiger partial charge in [0, 0.05) is 24.2 Å². The van der Waals surface area contributed by atoms with E-state index in [1.807, 2.05) is 34.9 Å². The molecule has 2 amide bonds. The summed E-state index contributed by atoms with van der Waals surface area (Å²) >= 11 is 0. The molecule has 1 aromatic heterocycles. The fraction of sp³-hybridized carbons (Fsp3) is 0.346. The van der Waals surface area contributed by atoms with E-state index in [9.17, 15) is 18.3 Å². The monoisotopic (exact) mass is 512 g/mol. The van der Waals surface area contributed by atoms with Crippen molar-refractivity contribution < 1.29 is 23.1 Å². The summed E-state index contributed by atoms with van der Waals surface area (Å²) < 4.78 is 31.4. The number of aryl methyl sites for hydroxylation is 1. The Morgan fingerprint density at radius 2 is 1.81 bits per heavy atom. The van der Waals surface area contributed by atoms with Gasteiger partial charge in [-0.3, -0.25) is 0 Å². The predicted molar refractivity (Wildman–Crippen MR) is 140 cm³/mol. The number of benzene rings is 2. The summed E-state index contributed by atoms with van der Waals surface area (Å²) in [6, 6.07) is 15.8. The Balaban J connectivity index is 1.62. The standard InChI is InChI=1S/C26H32N4O5S/c1-2-3-9-15-27-26(32)29-22-14-8-7-13-21(22)25(36(33)34)35-17-10-16-30-19-28-24(23(30)18-31)20-11-5-4-6-12-20/h4-8,11-14,19,31H,2-3,9-10,15-18H2,1H3,(H2,27,29,32). The number of unbranched alkanes of at least 4 members (excludes halogenated alkanes) is 2. The molecule has 3 N–H and O–H groups in total. The Kier molecular flexibility index (Phi) is 10.7. The molecule has 3 rings (SSSR count). The molecule has 0 saturated carbocycles. The minimum absolute atomic E-state index is 0.116. The van der Waals surface area contributed by atoms with Crippen molar-refractivity contribution in [2.45, 2.75) is 45.8 Å². The van der Waals surface area contributed by atoms with Crippen LogP contribution < -0.4 is 10.6 Å². The van der Waals surface area contributed by atoms with E-state index in [0.717, 1.165) is 24.8 Å². The summed E-state index contributed by atoms with van der Waals surface area (Å²) in [7, 11) is -2.65. The first kappa shape index (κ1) is 27.1. The normalized spacial score (nSPS) is 10.7. The number of carbonyl (C=O) groups excluding carboxylic acids is 1. The number of nitrogens with one attached hydrogen (secondary N) is 2. The van der Waals surface area contributed by atoms with E-state index in [4.69, 9.17) is 4.74 Å². The van der Waals surface area contributed by atoms with Crippen LogP contribution in [0.15, 0.2) is 60.9 Å². The number of rotatable bonds is 12. The van der Waals surface area contributed by atoms with E-state index in [0.29, 0.717) is 36.6 Å². The van der Waals surface area contributed by atoms with Gasteiger partial charge in [-0.1, -0.05) is 62.2 Å². The molecule has 0 spiro atoms. The van der Waals surface area contributed by atoms with Gasteiger partial charge in [0.05, 0.1) is 36.6 Å². The summed E-state index contributed by atoms with van der Waals surface area (Å²) in [6.45, 7) is 3.05. The zero-order valence-corrected chi connectivity index (χ0v) is 21.1. The fourth-order valence-electron chi connectivity index (χ4n) is 3.73. The number of amides is 2. The molecule has 0 fully saturated rings. The zero-order chi connectivity index (χ0) is 25.8. The highest BCUT2D eigenvalue weighted by atomic mass is 32.2. The highest BCUT2D eigenvalue weighted by Crippen LogP contribution is 2.22. The Bertz CT molecular complexity index is 1260. The molecule has 1 heterocycles. The zero-order valence-electron chi connectivity index (χ0n) is 20.3. The van der Waals surface area contributed by atoms with Gasteiger partial charge in [-0.2, -0.15) is 8.42 Å². The van der Waals surface area contributed by atoms with Crippen LogP contribution in [-0.4, -0.2) is 47.3 Å². The van der Waals surface area contributed by atoms with Gasteiger partial charge in [0.25, 0.3) is 0 Å². The van der Waals surface area contributed by atoms with Gasteiger partial charge in [-0.25, -0.2) is 9.78 Å². The SMILES string of the molecule is CCCCCNC(=O)Nc1ccccc1C(OCCCn1cnc(-c2ccccc2)c1CO)=S(=O)=O.